The molecule has 31 heavy (non-hydrogen) atoms. The molecule has 0 radical (unpaired) electrons. The van der Waals surface area contributed by atoms with E-state index >= 15 is 0 Å². The molecular weight excluding hydrogens is 440 g/mol. The molecule has 0 aliphatic carbocycles. The van der Waals surface area contributed by atoms with Crippen LogP contribution in [0, 0.1) is 0 Å². The Morgan fingerprint density at radius 3 is 2.06 bits per heavy atom. The Balaban J connectivity index is 1.73. The number of sulfonamides is 2. The topological polar surface area (TPSA) is 119 Å². The molecule has 0 fully saturated rings. The molecule has 1 heterocycles. The molecule has 0 spiro atoms. The summed E-state index contributed by atoms with van der Waals surface area (Å²) in [5.41, 5.74) is 2.23. The third-order valence-corrected chi connectivity index (χ3v) is 7.76. The first-order chi connectivity index (χ1) is 14.4. The molecule has 2 aromatic carbocycles. The van der Waals surface area contributed by atoms with Crippen molar-refractivity contribution < 1.29 is 16.8 Å². The molecular formula is C20H26N4O5S2. The molecule has 3 aromatic rings. The van der Waals surface area contributed by atoms with E-state index in [1.807, 2.05) is 0 Å². The fraction of sp³-hybridized carbons (Fsp3) is 0.350. The van der Waals surface area contributed by atoms with Gasteiger partial charge in [0.25, 0.3) is 0 Å². The third-order valence-electron chi connectivity index (χ3n) is 4.81. The summed E-state index contributed by atoms with van der Waals surface area (Å²) in [6, 6.07) is 11.0. The summed E-state index contributed by atoms with van der Waals surface area (Å²) in [6.45, 7) is 3.55. The number of imidazole rings is 1. The molecule has 9 nitrogen and oxygen atoms in total. The van der Waals surface area contributed by atoms with E-state index in [4.69, 9.17) is 0 Å². The molecule has 1 aromatic heterocycles. The number of benzene rings is 2. The number of hydrogen-bond donors (Lipinski definition) is 2. The number of rotatable bonds is 8. The van der Waals surface area contributed by atoms with E-state index in [-0.39, 0.29) is 28.9 Å². The number of fused-ring (bicyclic) bond motifs is 1. The van der Waals surface area contributed by atoms with Gasteiger partial charge in [-0.3, -0.25) is 9.13 Å². The first kappa shape index (κ1) is 23.2. The summed E-state index contributed by atoms with van der Waals surface area (Å²) < 4.78 is 57.4. The lowest BCUT2D eigenvalue weighted by atomic mass is 10.1. The van der Waals surface area contributed by atoms with Crippen molar-refractivity contribution in [1.29, 1.82) is 0 Å². The maximum absolute atomic E-state index is 12.7. The Bertz CT molecular complexity index is 1370. The van der Waals surface area contributed by atoms with E-state index in [0.717, 1.165) is 0 Å². The Labute approximate surface area is 181 Å². The smallest absolute Gasteiger partial charge is 0.295 e. The van der Waals surface area contributed by atoms with Gasteiger partial charge in [0.2, 0.25) is 20.0 Å². The number of aromatic nitrogens is 2. The average molecular weight is 467 g/mol. The van der Waals surface area contributed by atoms with E-state index in [1.165, 1.54) is 21.3 Å². The molecule has 0 unspecified atom stereocenters. The van der Waals surface area contributed by atoms with Gasteiger partial charge in [0, 0.05) is 26.7 Å². The molecule has 168 valence electrons. The zero-order valence-electron chi connectivity index (χ0n) is 17.8. The summed E-state index contributed by atoms with van der Waals surface area (Å²) in [7, 11) is -4.01. The van der Waals surface area contributed by atoms with Crippen LogP contribution in [0.4, 0.5) is 0 Å². The first-order valence-corrected chi connectivity index (χ1v) is 12.8. The van der Waals surface area contributed by atoms with Crippen molar-refractivity contribution in [1.82, 2.24) is 18.6 Å². The second-order valence-electron chi connectivity index (χ2n) is 7.72. The third kappa shape index (κ3) is 5.24. The molecule has 3 rings (SSSR count). The predicted octanol–water partition coefficient (Wildman–Crippen LogP) is 1.18. The number of nitrogens with zero attached hydrogens (tertiary/aromatic N) is 2. The van der Waals surface area contributed by atoms with Crippen LogP contribution in [0.25, 0.3) is 11.0 Å². The van der Waals surface area contributed by atoms with E-state index in [9.17, 15) is 21.6 Å². The zero-order chi connectivity index (χ0) is 23.0. The lowest BCUT2D eigenvalue weighted by Gasteiger charge is -2.10. The molecule has 2 N–H and O–H groups in total. The monoisotopic (exact) mass is 466 g/mol. The van der Waals surface area contributed by atoms with Crippen molar-refractivity contribution in [2.24, 2.45) is 14.1 Å². The lowest BCUT2D eigenvalue weighted by Crippen LogP contribution is -2.31. The van der Waals surface area contributed by atoms with E-state index in [1.54, 1.807) is 58.3 Å². The summed E-state index contributed by atoms with van der Waals surface area (Å²) in [5, 5.41) is 0. The zero-order valence-corrected chi connectivity index (χ0v) is 19.4. The maximum atomic E-state index is 12.7. The van der Waals surface area contributed by atoms with Gasteiger partial charge in [0.15, 0.2) is 0 Å². The van der Waals surface area contributed by atoms with Crippen molar-refractivity contribution in [3.63, 3.8) is 0 Å². The fourth-order valence-electron chi connectivity index (χ4n) is 3.29. The highest BCUT2D eigenvalue weighted by Gasteiger charge is 2.17. The van der Waals surface area contributed by atoms with Gasteiger partial charge in [-0.25, -0.2) is 31.1 Å². The number of hydrogen-bond acceptors (Lipinski definition) is 5. The van der Waals surface area contributed by atoms with Crippen molar-refractivity contribution in [3.05, 3.63) is 64.1 Å². The normalized spacial score (nSPS) is 12.7. The van der Waals surface area contributed by atoms with Gasteiger partial charge in [-0.2, -0.15) is 0 Å². The number of nitrogens with one attached hydrogen (secondary N) is 2. The van der Waals surface area contributed by atoms with Crippen LogP contribution in [0.3, 0.4) is 0 Å². The first-order valence-electron chi connectivity index (χ1n) is 9.62. The van der Waals surface area contributed by atoms with Crippen LogP contribution < -0.4 is 15.1 Å². The molecule has 0 amide bonds. The van der Waals surface area contributed by atoms with Gasteiger partial charge in [-0.1, -0.05) is 24.3 Å². The second-order valence-corrected chi connectivity index (χ2v) is 11.2. The van der Waals surface area contributed by atoms with Crippen LogP contribution in [0.2, 0.25) is 0 Å². The summed E-state index contributed by atoms with van der Waals surface area (Å²) in [6.07, 6.45) is 0. The Kier molecular flexibility index (Phi) is 6.42. The van der Waals surface area contributed by atoms with Crippen molar-refractivity contribution in [2.45, 2.75) is 37.1 Å². The van der Waals surface area contributed by atoms with E-state index < -0.39 is 20.0 Å². The van der Waals surface area contributed by atoms with Gasteiger partial charge in [0.05, 0.1) is 21.7 Å². The van der Waals surface area contributed by atoms with Gasteiger partial charge in [-0.15, -0.1) is 0 Å². The minimum atomic E-state index is -3.80. The van der Waals surface area contributed by atoms with Gasteiger partial charge >= 0.3 is 5.69 Å². The number of aryl methyl sites for hydroxylation is 2. The van der Waals surface area contributed by atoms with Gasteiger partial charge < -0.3 is 0 Å². The minimum Gasteiger partial charge on any atom is -0.295 e. The molecule has 0 atom stereocenters. The summed E-state index contributed by atoms with van der Waals surface area (Å²) in [4.78, 5) is 12.1. The van der Waals surface area contributed by atoms with Crippen molar-refractivity contribution >= 4 is 31.1 Å². The Hall–Kier alpha value is -2.47. The highest BCUT2D eigenvalue weighted by molar-refractivity contribution is 7.89. The predicted molar refractivity (Wildman–Crippen MR) is 120 cm³/mol. The molecule has 11 heteroatoms. The van der Waals surface area contributed by atoms with E-state index in [2.05, 4.69) is 9.44 Å². The van der Waals surface area contributed by atoms with Gasteiger partial charge in [-0.05, 0) is 43.2 Å². The van der Waals surface area contributed by atoms with Crippen LogP contribution in [-0.2, 0) is 46.4 Å². The summed E-state index contributed by atoms with van der Waals surface area (Å²) >= 11 is 0. The van der Waals surface area contributed by atoms with Crippen molar-refractivity contribution in [3.8, 4) is 0 Å². The largest absolute Gasteiger partial charge is 0.328 e. The van der Waals surface area contributed by atoms with Crippen LogP contribution in [0.1, 0.15) is 25.0 Å². The maximum Gasteiger partial charge on any atom is 0.328 e. The summed E-state index contributed by atoms with van der Waals surface area (Å²) in [5.74, 6) is -0.146. The lowest BCUT2D eigenvalue weighted by molar-refractivity contribution is 0.569. The fourth-order valence-corrected chi connectivity index (χ4v) is 5.76. The SMILES string of the molecule is CC(C)NS(=O)(=O)Cc1ccc(CNS(=O)(=O)c2ccc3c(c2)n(C)c(=O)n3C)cc1. The highest BCUT2D eigenvalue weighted by Crippen LogP contribution is 2.18. The van der Waals surface area contributed by atoms with Gasteiger partial charge in [0.1, 0.15) is 0 Å². The standard InChI is InChI=1S/C20H26N4O5S2/c1-14(2)22-30(26,27)13-16-7-5-15(6-8-16)12-21-31(28,29)17-9-10-18-19(11-17)24(4)20(25)23(18)3/h5-11,14,21-22H,12-13H2,1-4H3. The molecule has 0 saturated heterocycles. The van der Waals surface area contributed by atoms with Crippen molar-refractivity contribution in [2.75, 3.05) is 0 Å². The quantitative estimate of drug-likeness (QED) is 0.517. The van der Waals surface area contributed by atoms with Crippen LogP contribution in [0.5, 0.6) is 0 Å². The molecule has 0 saturated carbocycles. The minimum absolute atomic E-state index is 0.0470. The molecule has 0 aliphatic heterocycles. The molecule has 0 aliphatic rings. The second kappa shape index (κ2) is 8.58. The Morgan fingerprint density at radius 2 is 1.45 bits per heavy atom. The van der Waals surface area contributed by atoms with Crippen LogP contribution in [-0.4, -0.2) is 32.0 Å². The highest BCUT2D eigenvalue weighted by atomic mass is 32.2. The Morgan fingerprint density at radius 1 is 0.871 bits per heavy atom. The van der Waals surface area contributed by atoms with E-state index in [0.29, 0.717) is 22.2 Å². The molecule has 0 bridgehead atoms. The average Bonchev–Trinajstić information content (AvgIpc) is 2.90. The van der Waals surface area contributed by atoms with Crippen LogP contribution in [0.15, 0.2) is 52.2 Å². The van der Waals surface area contributed by atoms with Crippen LogP contribution >= 0.6 is 0 Å².